The first kappa shape index (κ1) is 12.1. The van der Waals surface area contributed by atoms with E-state index < -0.39 is 0 Å². The Balaban J connectivity index is 1.74. The van der Waals surface area contributed by atoms with Crippen LogP contribution in [0.5, 0.6) is 0 Å². The highest BCUT2D eigenvalue weighted by Crippen LogP contribution is 2.38. The highest BCUT2D eigenvalue weighted by molar-refractivity contribution is 5.79. The van der Waals surface area contributed by atoms with Crippen molar-refractivity contribution in [3.63, 3.8) is 0 Å². The van der Waals surface area contributed by atoms with Gasteiger partial charge in [0.05, 0.1) is 6.10 Å². The van der Waals surface area contributed by atoms with Crippen LogP contribution in [0, 0.1) is 11.8 Å². The number of ketones is 1. The van der Waals surface area contributed by atoms with Crippen molar-refractivity contribution >= 4 is 5.78 Å². The number of ether oxygens (including phenoxy) is 1. The van der Waals surface area contributed by atoms with Gasteiger partial charge < -0.3 is 4.74 Å². The number of hydrogen-bond donors (Lipinski definition) is 0. The van der Waals surface area contributed by atoms with Gasteiger partial charge >= 0.3 is 0 Å². The maximum absolute atomic E-state index is 11.2. The first-order valence-corrected chi connectivity index (χ1v) is 6.93. The van der Waals surface area contributed by atoms with Crippen LogP contribution in [0.15, 0.2) is 0 Å². The summed E-state index contributed by atoms with van der Waals surface area (Å²) in [7, 11) is 0. The van der Waals surface area contributed by atoms with Gasteiger partial charge in [-0.05, 0) is 57.3 Å². The second-order valence-corrected chi connectivity index (χ2v) is 5.37. The molecule has 2 aliphatic rings. The van der Waals surface area contributed by atoms with Crippen LogP contribution >= 0.6 is 0 Å². The molecule has 0 unspecified atom stereocenters. The van der Waals surface area contributed by atoms with E-state index in [0.29, 0.717) is 11.9 Å². The zero-order valence-electron chi connectivity index (χ0n) is 10.4. The first-order valence-electron chi connectivity index (χ1n) is 6.93. The van der Waals surface area contributed by atoms with Gasteiger partial charge in [-0.3, -0.25) is 4.79 Å². The number of Topliss-reactive ketones (excluding diaryl/α,β-unsaturated/α-hetero) is 1. The molecule has 2 rings (SSSR count). The van der Waals surface area contributed by atoms with Crippen LogP contribution in [0.1, 0.15) is 58.3 Å². The molecule has 92 valence electrons. The third-order valence-electron chi connectivity index (χ3n) is 4.38. The second kappa shape index (κ2) is 5.81. The van der Waals surface area contributed by atoms with Crippen LogP contribution in [0.4, 0.5) is 0 Å². The van der Waals surface area contributed by atoms with E-state index in [1.165, 1.54) is 25.7 Å². The molecule has 0 aliphatic heterocycles. The van der Waals surface area contributed by atoms with Gasteiger partial charge in [0.1, 0.15) is 5.78 Å². The van der Waals surface area contributed by atoms with E-state index in [1.807, 2.05) is 0 Å². The van der Waals surface area contributed by atoms with Crippen molar-refractivity contribution in [3.8, 4) is 0 Å². The Kier molecular flexibility index (Phi) is 4.39. The Morgan fingerprint density at radius 3 is 2.12 bits per heavy atom. The third-order valence-corrected chi connectivity index (χ3v) is 4.38. The Bertz CT molecular complexity index is 219. The number of carbonyl (C=O) groups is 1. The predicted octanol–water partition coefficient (Wildman–Crippen LogP) is 3.34. The lowest BCUT2D eigenvalue weighted by Gasteiger charge is -2.35. The Morgan fingerprint density at radius 2 is 1.56 bits per heavy atom. The maximum Gasteiger partial charge on any atom is 0.132 e. The SMILES string of the molecule is CCO[C@H]1CC[C@@H](C2CCC(=O)CC2)CC1. The van der Waals surface area contributed by atoms with Crippen LogP contribution in [0.25, 0.3) is 0 Å². The number of rotatable bonds is 3. The van der Waals surface area contributed by atoms with Gasteiger partial charge in [-0.15, -0.1) is 0 Å². The van der Waals surface area contributed by atoms with Crippen molar-refractivity contribution in [3.05, 3.63) is 0 Å². The molecule has 2 fully saturated rings. The molecule has 2 aliphatic carbocycles. The molecule has 2 saturated carbocycles. The van der Waals surface area contributed by atoms with E-state index in [4.69, 9.17) is 4.74 Å². The summed E-state index contributed by atoms with van der Waals surface area (Å²) in [4.78, 5) is 11.2. The molecule has 0 radical (unpaired) electrons. The Labute approximate surface area is 98.7 Å². The van der Waals surface area contributed by atoms with Crippen LogP contribution < -0.4 is 0 Å². The molecule has 0 aromatic carbocycles. The molecule has 0 heterocycles. The van der Waals surface area contributed by atoms with Gasteiger partial charge in [-0.1, -0.05) is 0 Å². The van der Waals surface area contributed by atoms with E-state index in [1.54, 1.807) is 0 Å². The van der Waals surface area contributed by atoms with Gasteiger partial charge in [-0.25, -0.2) is 0 Å². The topological polar surface area (TPSA) is 26.3 Å². The van der Waals surface area contributed by atoms with Crippen LogP contribution in [0.3, 0.4) is 0 Å². The third kappa shape index (κ3) is 3.07. The molecule has 0 saturated heterocycles. The van der Waals surface area contributed by atoms with Crippen molar-refractivity contribution in [1.29, 1.82) is 0 Å². The summed E-state index contributed by atoms with van der Waals surface area (Å²) in [6, 6.07) is 0. The first-order chi connectivity index (χ1) is 7.79. The quantitative estimate of drug-likeness (QED) is 0.735. The van der Waals surface area contributed by atoms with Gasteiger partial charge in [0.2, 0.25) is 0 Å². The van der Waals surface area contributed by atoms with Crippen LogP contribution in [-0.4, -0.2) is 18.5 Å². The normalized spacial score (nSPS) is 32.9. The monoisotopic (exact) mass is 224 g/mol. The number of hydrogen-bond acceptors (Lipinski definition) is 2. The Hall–Kier alpha value is -0.370. The summed E-state index contributed by atoms with van der Waals surface area (Å²) >= 11 is 0. The molecule has 0 bridgehead atoms. The summed E-state index contributed by atoms with van der Waals surface area (Å²) in [5.41, 5.74) is 0. The van der Waals surface area contributed by atoms with Gasteiger partial charge in [-0.2, -0.15) is 0 Å². The standard InChI is InChI=1S/C14H24O2/c1-2-16-14-9-5-12(6-10-14)11-3-7-13(15)8-4-11/h11-12,14H,2-10H2,1H3/t12-,14+. The lowest BCUT2D eigenvalue weighted by molar-refractivity contribution is -0.121. The molecular formula is C14H24O2. The minimum Gasteiger partial charge on any atom is -0.379 e. The summed E-state index contributed by atoms with van der Waals surface area (Å²) in [5.74, 6) is 2.20. The molecule has 0 amide bonds. The van der Waals surface area contributed by atoms with Gasteiger partial charge in [0.15, 0.2) is 0 Å². The zero-order valence-corrected chi connectivity index (χ0v) is 10.4. The minimum absolute atomic E-state index is 0.485. The van der Waals surface area contributed by atoms with Gasteiger partial charge in [0.25, 0.3) is 0 Å². The van der Waals surface area contributed by atoms with Crippen molar-refractivity contribution < 1.29 is 9.53 Å². The van der Waals surface area contributed by atoms with Gasteiger partial charge in [0, 0.05) is 19.4 Å². The Morgan fingerprint density at radius 1 is 1.00 bits per heavy atom. The fourth-order valence-corrected chi connectivity index (χ4v) is 3.40. The van der Waals surface area contributed by atoms with E-state index in [2.05, 4.69) is 6.92 Å². The fraction of sp³-hybridized carbons (Fsp3) is 0.929. The summed E-state index contributed by atoms with van der Waals surface area (Å²) in [5, 5.41) is 0. The molecule has 0 atom stereocenters. The molecule has 2 nitrogen and oxygen atoms in total. The minimum atomic E-state index is 0.485. The molecule has 0 N–H and O–H groups in total. The van der Waals surface area contributed by atoms with Crippen molar-refractivity contribution in [2.45, 2.75) is 64.4 Å². The summed E-state index contributed by atoms with van der Waals surface area (Å²) in [6.07, 6.45) is 9.64. The molecule has 16 heavy (non-hydrogen) atoms. The summed E-state index contributed by atoms with van der Waals surface area (Å²) in [6.45, 7) is 2.94. The van der Waals surface area contributed by atoms with Crippen molar-refractivity contribution in [2.24, 2.45) is 11.8 Å². The molecule has 0 spiro atoms. The predicted molar refractivity (Wildman–Crippen MR) is 64.3 cm³/mol. The molecule has 0 aromatic heterocycles. The average molecular weight is 224 g/mol. The van der Waals surface area contributed by atoms with Crippen molar-refractivity contribution in [1.82, 2.24) is 0 Å². The number of carbonyl (C=O) groups excluding carboxylic acids is 1. The van der Waals surface area contributed by atoms with E-state index in [0.717, 1.165) is 44.1 Å². The van der Waals surface area contributed by atoms with Crippen molar-refractivity contribution in [2.75, 3.05) is 6.61 Å². The highest BCUT2D eigenvalue weighted by Gasteiger charge is 2.30. The average Bonchev–Trinajstić information content (AvgIpc) is 2.32. The highest BCUT2D eigenvalue weighted by atomic mass is 16.5. The van der Waals surface area contributed by atoms with E-state index >= 15 is 0 Å². The molecular weight excluding hydrogens is 200 g/mol. The maximum atomic E-state index is 11.2. The van der Waals surface area contributed by atoms with Crippen LogP contribution in [-0.2, 0) is 9.53 Å². The zero-order chi connectivity index (χ0) is 11.4. The summed E-state index contributed by atoms with van der Waals surface area (Å²) < 4.78 is 5.68. The second-order valence-electron chi connectivity index (χ2n) is 5.37. The van der Waals surface area contributed by atoms with Crippen LogP contribution in [0.2, 0.25) is 0 Å². The fourth-order valence-electron chi connectivity index (χ4n) is 3.40. The smallest absolute Gasteiger partial charge is 0.132 e. The van der Waals surface area contributed by atoms with E-state index in [9.17, 15) is 4.79 Å². The molecule has 0 aromatic rings. The lowest BCUT2D eigenvalue weighted by atomic mass is 9.72. The van der Waals surface area contributed by atoms with E-state index in [-0.39, 0.29) is 0 Å². The molecule has 2 heteroatoms. The lowest BCUT2D eigenvalue weighted by Crippen LogP contribution is -2.28. The largest absolute Gasteiger partial charge is 0.379 e.